The SMILES string of the molecule is COc1ccc([C@H]2CCCN2CC(=O)Nc2cccc(S(N)(=O)=O)c2)cc1. The average molecular weight is 389 g/mol. The number of rotatable bonds is 6. The third-order valence-electron chi connectivity index (χ3n) is 4.66. The van der Waals surface area contributed by atoms with E-state index in [1.165, 1.54) is 12.1 Å². The lowest BCUT2D eigenvalue weighted by Crippen LogP contribution is -2.33. The van der Waals surface area contributed by atoms with Crippen LogP contribution < -0.4 is 15.2 Å². The van der Waals surface area contributed by atoms with Crippen LogP contribution in [-0.4, -0.2) is 39.4 Å². The first kappa shape index (κ1) is 19.3. The minimum Gasteiger partial charge on any atom is -0.497 e. The molecular weight excluding hydrogens is 366 g/mol. The maximum atomic E-state index is 12.5. The van der Waals surface area contributed by atoms with Crippen LogP contribution in [0.4, 0.5) is 5.69 Å². The zero-order valence-electron chi connectivity index (χ0n) is 15.1. The number of amides is 1. The molecule has 0 radical (unpaired) electrons. The summed E-state index contributed by atoms with van der Waals surface area (Å²) in [4.78, 5) is 14.5. The van der Waals surface area contributed by atoms with E-state index in [2.05, 4.69) is 10.2 Å². The van der Waals surface area contributed by atoms with E-state index >= 15 is 0 Å². The highest BCUT2D eigenvalue weighted by atomic mass is 32.2. The smallest absolute Gasteiger partial charge is 0.238 e. The number of nitrogens with one attached hydrogen (secondary N) is 1. The largest absolute Gasteiger partial charge is 0.497 e. The Bertz CT molecular complexity index is 913. The topological polar surface area (TPSA) is 102 Å². The molecule has 1 amide bonds. The molecule has 0 bridgehead atoms. The fourth-order valence-electron chi connectivity index (χ4n) is 3.35. The lowest BCUT2D eigenvalue weighted by atomic mass is 10.0. The van der Waals surface area contributed by atoms with Crippen molar-refractivity contribution in [3.8, 4) is 5.75 Å². The van der Waals surface area contributed by atoms with E-state index in [1.807, 2.05) is 24.3 Å². The number of primary sulfonamides is 1. The number of carbonyl (C=O) groups excluding carboxylic acids is 1. The number of nitrogens with two attached hydrogens (primary N) is 1. The van der Waals surface area contributed by atoms with Crippen molar-refractivity contribution in [2.75, 3.05) is 25.5 Å². The van der Waals surface area contributed by atoms with E-state index in [9.17, 15) is 13.2 Å². The standard InChI is InChI=1S/C19H23N3O4S/c1-26-16-9-7-14(8-10-16)18-6-3-11-22(18)13-19(23)21-15-4-2-5-17(12-15)27(20,24)25/h2,4-5,7-10,12,18H,3,6,11,13H2,1H3,(H,21,23)(H2,20,24,25)/t18-/m1/s1. The molecule has 1 heterocycles. The van der Waals surface area contributed by atoms with Crippen LogP contribution in [0.3, 0.4) is 0 Å². The van der Waals surface area contributed by atoms with Crippen molar-refractivity contribution >= 4 is 21.6 Å². The van der Waals surface area contributed by atoms with Crippen molar-refractivity contribution in [1.82, 2.24) is 4.90 Å². The van der Waals surface area contributed by atoms with Gasteiger partial charge in [0.15, 0.2) is 0 Å². The van der Waals surface area contributed by atoms with Crippen molar-refractivity contribution in [3.63, 3.8) is 0 Å². The number of sulfonamides is 1. The zero-order valence-corrected chi connectivity index (χ0v) is 15.9. The monoisotopic (exact) mass is 389 g/mol. The number of hydrogen-bond donors (Lipinski definition) is 2. The Morgan fingerprint density at radius 2 is 2.00 bits per heavy atom. The number of carbonyl (C=O) groups is 1. The maximum Gasteiger partial charge on any atom is 0.238 e. The molecule has 8 heteroatoms. The van der Waals surface area contributed by atoms with E-state index in [0.29, 0.717) is 5.69 Å². The van der Waals surface area contributed by atoms with Crippen LogP contribution in [0, 0.1) is 0 Å². The van der Waals surface area contributed by atoms with Crippen LogP contribution >= 0.6 is 0 Å². The molecule has 1 aliphatic heterocycles. The summed E-state index contributed by atoms with van der Waals surface area (Å²) in [5.74, 6) is 0.609. The van der Waals surface area contributed by atoms with Gasteiger partial charge >= 0.3 is 0 Å². The van der Waals surface area contributed by atoms with Crippen LogP contribution in [0.5, 0.6) is 5.75 Å². The van der Waals surface area contributed by atoms with E-state index in [-0.39, 0.29) is 23.4 Å². The van der Waals surface area contributed by atoms with Gasteiger partial charge in [-0.05, 0) is 55.3 Å². The molecule has 0 aliphatic carbocycles. The van der Waals surface area contributed by atoms with E-state index in [1.54, 1.807) is 19.2 Å². The number of methoxy groups -OCH3 is 1. The van der Waals surface area contributed by atoms with Gasteiger partial charge in [0.1, 0.15) is 5.75 Å². The van der Waals surface area contributed by atoms with Gasteiger partial charge in [-0.1, -0.05) is 18.2 Å². The minimum absolute atomic E-state index is 0.0300. The Labute approximate surface area is 159 Å². The summed E-state index contributed by atoms with van der Waals surface area (Å²) >= 11 is 0. The highest BCUT2D eigenvalue weighted by Crippen LogP contribution is 2.32. The predicted octanol–water partition coefficient (Wildman–Crippen LogP) is 2.12. The van der Waals surface area contributed by atoms with Gasteiger partial charge in [0.2, 0.25) is 15.9 Å². The van der Waals surface area contributed by atoms with Crippen molar-refractivity contribution < 1.29 is 17.9 Å². The Kier molecular flexibility index (Phi) is 5.79. The Morgan fingerprint density at radius 3 is 2.67 bits per heavy atom. The summed E-state index contributed by atoms with van der Waals surface area (Å²) in [5, 5.41) is 7.89. The lowest BCUT2D eigenvalue weighted by Gasteiger charge is -2.24. The molecule has 1 aliphatic rings. The number of anilines is 1. The van der Waals surface area contributed by atoms with Gasteiger partial charge in [-0.3, -0.25) is 9.69 Å². The van der Waals surface area contributed by atoms with Gasteiger partial charge in [-0.2, -0.15) is 0 Å². The van der Waals surface area contributed by atoms with Gasteiger partial charge < -0.3 is 10.1 Å². The fraction of sp³-hybridized carbons (Fsp3) is 0.316. The second kappa shape index (κ2) is 8.08. The maximum absolute atomic E-state index is 12.5. The number of ether oxygens (including phenoxy) is 1. The van der Waals surface area contributed by atoms with Crippen LogP contribution in [0.2, 0.25) is 0 Å². The molecule has 3 rings (SSSR count). The lowest BCUT2D eigenvalue weighted by molar-refractivity contribution is -0.117. The van der Waals surface area contributed by atoms with Gasteiger partial charge in [0.25, 0.3) is 0 Å². The van der Waals surface area contributed by atoms with Crippen molar-refractivity contribution in [1.29, 1.82) is 0 Å². The number of nitrogens with zero attached hydrogens (tertiary/aromatic N) is 1. The molecule has 1 saturated heterocycles. The fourth-order valence-corrected chi connectivity index (χ4v) is 3.91. The zero-order chi connectivity index (χ0) is 19.4. The second-order valence-electron chi connectivity index (χ2n) is 6.52. The first-order chi connectivity index (χ1) is 12.9. The second-order valence-corrected chi connectivity index (χ2v) is 8.08. The first-order valence-corrected chi connectivity index (χ1v) is 10.2. The van der Waals surface area contributed by atoms with Crippen molar-refractivity contribution in [2.45, 2.75) is 23.8 Å². The van der Waals surface area contributed by atoms with Crippen molar-refractivity contribution in [3.05, 3.63) is 54.1 Å². The third-order valence-corrected chi connectivity index (χ3v) is 5.57. The quantitative estimate of drug-likeness (QED) is 0.788. The van der Waals surface area contributed by atoms with E-state index < -0.39 is 10.0 Å². The summed E-state index contributed by atoms with van der Waals surface area (Å²) in [5.41, 5.74) is 1.56. The van der Waals surface area contributed by atoms with Crippen LogP contribution in [0.1, 0.15) is 24.4 Å². The molecule has 2 aromatic carbocycles. The summed E-state index contributed by atoms with van der Waals surface area (Å²) in [6, 6.07) is 14.0. The number of likely N-dealkylation sites (tertiary alicyclic amines) is 1. The van der Waals surface area contributed by atoms with E-state index in [0.717, 1.165) is 30.7 Å². The van der Waals surface area contributed by atoms with Gasteiger partial charge in [0, 0.05) is 11.7 Å². The third kappa shape index (κ3) is 4.85. The molecule has 3 N–H and O–H groups in total. The highest BCUT2D eigenvalue weighted by Gasteiger charge is 2.27. The predicted molar refractivity (Wildman–Crippen MR) is 103 cm³/mol. The van der Waals surface area contributed by atoms with E-state index in [4.69, 9.17) is 9.88 Å². The average Bonchev–Trinajstić information content (AvgIpc) is 3.09. The summed E-state index contributed by atoms with van der Waals surface area (Å²) in [7, 11) is -2.17. The van der Waals surface area contributed by atoms with Crippen molar-refractivity contribution in [2.24, 2.45) is 5.14 Å². The van der Waals surface area contributed by atoms with Crippen LogP contribution in [0.25, 0.3) is 0 Å². The molecule has 0 aromatic heterocycles. The summed E-state index contributed by atoms with van der Waals surface area (Å²) < 4.78 is 28.1. The minimum atomic E-state index is -3.81. The Balaban J connectivity index is 1.66. The molecule has 2 aromatic rings. The highest BCUT2D eigenvalue weighted by molar-refractivity contribution is 7.89. The Morgan fingerprint density at radius 1 is 1.26 bits per heavy atom. The summed E-state index contributed by atoms with van der Waals surface area (Å²) in [6.07, 6.45) is 2.01. The number of benzene rings is 2. The van der Waals surface area contributed by atoms with Crippen LogP contribution in [-0.2, 0) is 14.8 Å². The molecule has 0 saturated carbocycles. The normalized spacial score (nSPS) is 17.6. The molecule has 0 spiro atoms. The number of hydrogen-bond acceptors (Lipinski definition) is 5. The van der Waals surface area contributed by atoms with Gasteiger partial charge in [0.05, 0.1) is 18.6 Å². The molecule has 144 valence electrons. The van der Waals surface area contributed by atoms with Gasteiger partial charge in [-0.15, -0.1) is 0 Å². The molecule has 1 fully saturated rings. The Hall–Kier alpha value is -2.42. The van der Waals surface area contributed by atoms with Gasteiger partial charge in [-0.25, -0.2) is 13.6 Å². The molecule has 7 nitrogen and oxygen atoms in total. The molecule has 1 atom stereocenters. The van der Waals surface area contributed by atoms with Crippen LogP contribution in [0.15, 0.2) is 53.4 Å². The molecule has 27 heavy (non-hydrogen) atoms. The first-order valence-electron chi connectivity index (χ1n) is 8.67. The summed E-state index contributed by atoms with van der Waals surface area (Å²) in [6.45, 7) is 1.07. The molecule has 0 unspecified atom stereocenters. The molecular formula is C19H23N3O4S.